The summed E-state index contributed by atoms with van der Waals surface area (Å²) in [6, 6.07) is 21.4. The molecule has 1 aliphatic carbocycles. The van der Waals surface area contributed by atoms with Crippen LogP contribution in [0, 0.1) is 0 Å². The van der Waals surface area contributed by atoms with Gasteiger partial charge in [0.25, 0.3) is 5.91 Å². The predicted octanol–water partition coefficient (Wildman–Crippen LogP) is 5.21. The van der Waals surface area contributed by atoms with E-state index in [1.807, 2.05) is 42.5 Å². The maximum atomic E-state index is 13.8. The molecule has 1 saturated carbocycles. The maximum Gasteiger partial charge on any atom is 0.303 e. The molecule has 0 heterocycles. The van der Waals surface area contributed by atoms with E-state index in [4.69, 9.17) is 16.9 Å². The monoisotopic (exact) mass is 501 g/mol. The van der Waals surface area contributed by atoms with Crippen molar-refractivity contribution >= 4 is 17.8 Å². The Kier molecular flexibility index (Phi) is 8.11. The topological polar surface area (TPSA) is 110 Å². The van der Waals surface area contributed by atoms with Crippen molar-refractivity contribution in [2.24, 2.45) is 5.73 Å². The van der Waals surface area contributed by atoms with Crippen molar-refractivity contribution in [3.63, 3.8) is 0 Å². The van der Waals surface area contributed by atoms with Crippen LogP contribution in [0.4, 0.5) is 0 Å². The summed E-state index contributed by atoms with van der Waals surface area (Å²) in [6.07, 6.45) is 2.87. The van der Waals surface area contributed by atoms with Crippen LogP contribution in [0.1, 0.15) is 61.9 Å². The van der Waals surface area contributed by atoms with E-state index in [0.29, 0.717) is 55.6 Å². The number of carboxylic acids is 1. The standard InChI is InChI=1S/C30H32N2O5/c31-29(35)28(25-11-6-7-12-26(25)37-20-8-2-5-13-27(33)34)32(24-18-19-24)30(36)23-16-14-22(15-17-23)21-9-3-1-4-10-21/h1,3-4,6-7,9-12,14-17,24,28H,2,5,8,13,18-20H2,(H2,31,35)(H,33,34)/i24D. The summed E-state index contributed by atoms with van der Waals surface area (Å²) < 4.78 is 14.8. The van der Waals surface area contributed by atoms with Gasteiger partial charge in [0.15, 0.2) is 0 Å². The van der Waals surface area contributed by atoms with Crippen molar-refractivity contribution in [1.82, 2.24) is 4.90 Å². The van der Waals surface area contributed by atoms with Crippen LogP contribution < -0.4 is 10.5 Å². The molecule has 3 N–H and O–H groups in total. The van der Waals surface area contributed by atoms with Gasteiger partial charge in [-0.1, -0.05) is 60.7 Å². The molecule has 1 unspecified atom stereocenters. The molecule has 4 rings (SSSR count). The Morgan fingerprint density at radius 3 is 2.22 bits per heavy atom. The first kappa shape index (κ1) is 24.6. The molecule has 0 aliphatic heterocycles. The molecule has 0 radical (unpaired) electrons. The summed E-state index contributed by atoms with van der Waals surface area (Å²) in [5.74, 6) is -1.60. The highest BCUT2D eigenvalue weighted by molar-refractivity contribution is 5.98. The van der Waals surface area contributed by atoms with Gasteiger partial charge in [-0.3, -0.25) is 14.4 Å². The van der Waals surface area contributed by atoms with E-state index in [1.165, 1.54) is 4.90 Å². The van der Waals surface area contributed by atoms with Gasteiger partial charge in [0.1, 0.15) is 11.8 Å². The van der Waals surface area contributed by atoms with Gasteiger partial charge < -0.3 is 20.5 Å². The Hall–Kier alpha value is -4.13. The van der Waals surface area contributed by atoms with Crippen LogP contribution in [0.2, 0.25) is 0 Å². The molecule has 0 bridgehead atoms. The number of hydrogen-bond donors (Lipinski definition) is 2. The van der Waals surface area contributed by atoms with Crippen molar-refractivity contribution in [1.29, 1.82) is 0 Å². The Morgan fingerprint density at radius 1 is 0.919 bits per heavy atom. The smallest absolute Gasteiger partial charge is 0.303 e. The Labute approximate surface area is 218 Å². The molecule has 1 fully saturated rings. The van der Waals surface area contributed by atoms with Gasteiger partial charge in [0.2, 0.25) is 5.91 Å². The van der Waals surface area contributed by atoms with Crippen LogP contribution in [0.15, 0.2) is 78.9 Å². The molecule has 37 heavy (non-hydrogen) atoms. The van der Waals surface area contributed by atoms with Gasteiger partial charge in [0.05, 0.1) is 7.98 Å². The summed E-state index contributed by atoms with van der Waals surface area (Å²) in [4.78, 5) is 38.7. The highest BCUT2D eigenvalue weighted by Crippen LogP contribution is 2.39. The SMILES string of the molecule is [2H]C1(N(C(=O)c2ccc(-c3ccccc3)cc2)C(C(N)=O)c2ccccc2OCCCCCC(=O)O)CC1. The van der Waals surface area contributed by atoms with Crippen molar-refractivity contribution < 1.29 is 25.6 Å². The molecule has 0 spiro atoms. The third-order valence-electron chi connectivity index (χ3n) is 6.31. The van der Waals surface area contributed by atoms with Crippen molar-refractivity contribution in [2.45, 2.75) is 50.6 Å². The highest BCUT2D eigenvalue weighted by Gasteiger charge is 2.42. The maximum absolute atomic E-state index is 13.8. The largest absolute Gasteiger partial charge is 0.493 e. The molecule has 192 valence electrons. The lowest BCUT2D eigenvalue weighted by atomic mass is 10.00. The molecule has 7 nitrogen and oxygen atoms in total. The van der Waals surface area contributed by atoms with Gasteiger partial charge in [-0.2, -0.15) is 0 Å². The molecular formula is C30H32N2O5. The quantitative estimate of drug-likeness (QED) is 0.313. The number of ether oxygens (including phenoxy) is 1. The predicted molar refractivity (Wildman–Crippen MR) is 141 cm³/mol. The van der Waals surface area contributed by atoms with Crippen LogP contribution in [0.25, 0.3) is 11.1 Å². The minimum Gasteiger partial charge on any atom is -0.493 e. The van der Waals surface area contributed by atoms with Crippen LogP contribution in [-0.4, -0.2) is 40.4 Å². The fourth-order valence-corrected chi connectivity index (χ4v) is 4.31. The summed E-state index contributed by atoms with van der Waals surface area (Å²) in [7, 11) is 0. The van der Waals surface area contributed by atoms with Gasteiger partial charge in [0, 0.05) is 23.6 Å². The van der Waals surface area contributed by atoms with E-state index in [0.717, 1.165) is 11.1 Å². The highest BCUT2D eigenvalue weighted by atomic mass is 16.5. The molecule has 0 aromatic heterocycles. The second-order valence-electron chi connectivity index (χ2n) is 9.08. The second kappa shape index (κ2) is 12.2. The number of hydrogen-bond acceptors (Lipinski definition) is 4. The number of carbonyl (C=O) groups excluding carboxylic acids is 2. The van der Waals surface area contributed by atoms with Gasteiger partial charge in [-0.05, 0) is 61.4 Å². The van der Waals surface area contributed by atoms with Crippen LogP contribution in [0.3, 0.4) is 0 Å². The van der Waals surface area contributed by atoms with E-state index < -0.39 is 29.8 Å². The number of amides is 2. The minimum absolute atomic E-state index is 0.106. The number of benzene rings is 3. The fraction of sp³-hybridized carbons (Fsp3) is 0.300. The first-order chi connectivity index (χ1) is 18.3. The molecule has 1 atom stereocenters. The number of nitrogens with two attached hydrogens (primary N) is 1. The zero-order chi connectivity index (χ0) is 27.1. The Morgan fingerprint density at radius 2 is 1.57 bits per heavy atom. The van der Waals surface area contributed by atoms with Crippen molar-refractivity contribution in [3.8, 4) is 16.9 Å². The number of para-hydroxylation sites is 1. The molecule has 0 saturated heterocycles. The lowest BCUT2D eigenvalue weighted by Crippen LogP contribution is -2.43. The van der Waals surface area contributed by atoms with E-state index >= 15 is 0 Å². The molecule has 3 aromatic rings. The number of unbranched alkanes of at least 4 members (excludes halogenated alkanes) is 2. The van der Waals surface area contributed by atoms with Crippen LogP contribution in [0.5, 0.6) is 5.75 Å². The summed E-state index contributed by atoms with van der Waals surface area (Å²) in [5.41, 5.74) is 8.64. The molecule has 3 aromatic carbocycles. The fourth-order valence-electron chi connectivity index (χ4n) is 4.31. The lowest BCUT2D eigenvalue weighted by Gasteiger charge is -2.31. The van der Waals surface area contributed by atoms with Crippen LogP contribution >= 0.6 is 0 Å². The lowest BCUT2D eigenvalue weighted by molar-refractivity contribution is -0.137. The number of rotatable bonds is 13. The minimum atomic E-state index is -1.24. The van der Waals surface area contributed by atoms with Crippen molar-refractivity contribution in [3.05, 3.63) is 90.0 Å². The van der Waals surface area contributed by atoms with E-state index in [2.05, 4.69) is 0 Å². The second-order valence-corrected chi connectivity index (χ2v) is 9.08. The summed E-state index contributed by atoms with van der Waals surface area (Å²) in [5, 5.41) is 8.79. The molecule has 7 heteroatoms. The van der Waals surface area contributed by atoms with Gasteiger partial charge in [-0.15, -0.1) is 0 Å². The van der Waals surface area contributed by atoms with E-state index in [9.17, 15) is 14.4 Å². The third-order valence-corrected chi connectivity index (χ3v) is 6.31. The Bertz CT molecular complexity index is 1280. The number of carbonyl (C=O) groups is 3. The molecular weight excluding hydrogens is 468 g/mol. The zero-order valence-electron chi connectivity index (χ0n) is 21.6. The van der Waals surface area contributed by atoms with Gasteiger partial charge in [-0.25, -0.2) is 0 Å². The average molecular weight is 502 g/mol. The first-order valence-corrected chi connectivity index (χ1v) is 12.5. The normalized spacial score (nSPS) is 14.8. The number of primary amides is 1. The number of nitrogens with zero attached hydrogens (tertiary/aromatic N) is 1. The average Bonchev–Trinajstić information content (AvgIpc) is 3.67. The number of aliphatic carboxylic acids is 1. The van der Waals surface area contributed by atoms with Crippen molar-refractivity contribution in [2.75, 3.05) is 6.61 Å². The molecule has 2 amide bonds. The van der Waals surface area contributed by atoms with E-state index in [-0.39, 0.29) is 6.42 Å². The molecule has 1 aliphatic rings. The number of carboxylic acid groups (broad SMARTS) is 1. The first-order valence-electron chi connectivity index (χ1n) is 13.0. The summed E-state index contributed by atoms with van der Waals surface area (Å²) >= 11 is 0. The van der Waals surface area contributed by atoms with Gasteiger partial charge >= 0.3 is 5.97 Å². The zero-order valence-corrected chi connectivity index (χ0v) is 20.6. The van der Waals surface area contributed by atoms with Crippen LogP contribution in [-0.2, 0) is 9.59 Å². The van der Waals surface area contributed by atoms with E-state index in [1.54, 1.807) is 36.4 Å². The Balaban J connectivity index is 1.57. The third kappa shape index (κ3) is 6.76. The summed E-state index contributed by atoms with van der Waals surface area (Å²) in [6.45, 7) is 0.322.